The topological polar surface area (TPSA) is 51.2 Å². The number of hydrogen-bond acceptors (Lipinski definition) is 3. The summed E-state index contributed by atoms with van der Waals surface area (Å²) in [5, 5.41) is 0. The summed E-state index contributed by atoms with van der Waals surface area (Å²) in [6.45, 7) is 12.1. The van der Waals surface area contributed by atoms with Gasteiger partial charge in [0.05, 0.1) is 49.7 Å². The molecule has 5 rings (SSSR count). The SMILES string of the molecule is C=C1c2cc3cc(c2)C(=C)S(=O)Cc2cc(cc(c2)CS(=O)C3=C)CS1=O. The summed E-state index contributed by atoms with van der Waals surface area (Å²) in [4.78, 5) is 1.47. The fourth-order valence-electron chi connectivity index (χ4n) is 3.31. The van der Waals surface area contributed by atoms with Crippen LogP contribution < -0.4 is 0 Å². The molecule has 3 atom stereocenters. The molecule has 0 aliphatic carbocycles. The van der Waals surface area contributed by atoms with E-state index in [9.17, 15) is 12.6 Å². The highest BCUT2D eigenvalue weighted by molar-refractivity contribution is 7.94. The third-order valence-electron chi connectivity index (χ3n) is 4.73. The third-order valence-corrected chi connectivity index (χ3v) is 8.87. The molecular weight excluding hydrogens is 396 g/mol. The zero-order valence-corrected chi connectivity index (χ0v) is 17.1. The first-order valence-corrected chi connectivity index (χ1v) is 12.3. The van der Waals surface area contributed by atoms with Crippen molar-refractivity contribution >= 4 is 47.1 Å². The molecule has 0 amide bonds. The lowest BCUT2D eigenvalue weighted by molar-refractivity contribution is 0.688. The monoisotopic (exact) mass is 414 g/mol. The molecule has 3 aliphatic rings. The molecule has 0 radical (unpaired) electrons. The van der Waals surface area contributed by atoms with Crippen molar-refractivity contribution in [2.24, 2.45) is 0 Å². The summed E-state index contributed by atoms with van der Waals surface area (Å²) in [7, 11) is -3.90. The highest BCUT2D eigenvalue weighted by atomic mass is 32.2. The van der Waals surface area contributed by atoms with Crippen LogP contribution in [0.1, 0.15) is 33.4 Å². The molecule has 0 spiro atoms. The summed E-state index contributed by atoms with van der Waals surface area (Å²) in [5.74, 6) is 0.960. The summed E-state index contributed by atoms with van der Waals surface area (Å²) >= 11 is 0. The maximum absolute atomic E-state index is 12.9. The average molecular weight is 415 g/mol. The van der Waals surface area contributed by atoms with Gasteiger partial charge in [-0.2, -0.15) is 0 Å². The van der Waals surface area contributed by atoms with Gasteiger partial charge in [0.15, 0.2) is 0 Å². The van der Waals surface area contributed by atoms with E-state index in [-0.39, 0.29) is 0 Å². The van der Waals surface area contributed by atoms with Crippen LogP contribution in [0.25, 0.3) is 14.7 Å². The summed E-state index contributed by atoms with van der Waals surface area (Å²) in [6, 6.07) is 11.2. The van der Waals surface area contributed by atoms with Gasteiger partial charge in [-0.3, -0.25) is 12.6 Å². The molecule has 6 heteroatoms. The van der Waals surface area contributed by atoms with Crippen LogP contribution in [0.4, 0.5) is 0 Å². The van der Waals surface area contributed by atoms with Gasteiger partial charge < -0.3 is 0 Å². The Morgan fingerprint density at radius 1 is 0.519 bits per heavy atom. The standard InChI is InChI=1S/C21H18O3S3/c1-13-19-7-20-9-21(8-19)15(3)27(24)12-18-5-16(10-25(13)22)4-17(6-18)11-26(23)14(20)2/h4-9H,1-3,10-12H2. The molecule has 0 N–H and O–H groups in total. The van der Waals surface area contributed by atoms with Crippen LogP contribution >= 0.6 is 0 Å². The average Bonchev–Trinajstić information content (AvgIpc) is 2.64. The van der Waals surface area contributed by atoms with Gasteiger partial charge in [-0.15, -0.1) is 0 Å². The van der Waals surface area contributed by atoms with Crippen molar-refractivity contribution in [2.75, 3.05) is 0 Å². The van der Waals surface area contributed by atoms with Gasteiger partial charge in [-0.05, 0) is 51.6 Å². The van der Waals surface area contributed by atoms with Crippen molar-refractivity contribution < 1.29 is 12.6 Å². The Morgan fingerprint density at radius 2 is 0.778 bits per heavy atom. The van der Waals surface area contributed by atoms with Crippen LogP contribution in [-0.4, -0.2) is 12.6 Å². The van der Waals surface area contributed by atoms with Gasteiger partial charge in [0.2, 0.25) is 0 Å². The van der Waals surface area contributed by atoms with Crippen molar-refractivity contribution in [1.29, 1.82) is 0 Å². The second-order valence-corrected chi connectivity index (χ2v) is 11.1. The van der Waals surface area contributed by atoms with E-state index < -0.39 is 32.4 Å². The van der Waals surface area contributed by atoms with E-state index in [2.05, 4.69) is 19.7 Å². The van der Waals surface area contributed by atoms with E-state index in [4.69, 9.17) is 0 Å². The van der Waals surface area contributed by atoms with Gasteiger partial charge in [-0.25, -0.2) is 0 Å². The lowest BCUT2D eigenvalue weighted by Gasteiger charge is -2.18. The maximum Gasteiger partial charge on any atom is 0.0574 e. The quantitative estimate of drug-likeness (QED) is 0.653. The summed E-state index contributed by atoms with van der Waals surface area (Å²) < 4.78 is 38.7. The molecule has 3 aliphatic heterocycles. The third kappa shape index (κ3) is 3.49. The minimum absolute atomic E-state index is 0.320. The van der Waals surface area contributed by atoms with Gasteiger partial charge in [0.1, 0.15) is 0 Å². The Balaban J connectivity index is 2.07. The fraction of sp³-hybridized carbons (Fsp3) is 0.143. The van der Waals surface area contributed by atoms with Crippen LogP contribution in [0, 0.1) is 0 Å². The van der Waals surface area contributed by atoms with Crippen LogP contribution in [-0.2, 0) is 49.7 Å². The van der Waals surface area contributed by atoms with Gasteiger partial charge in [0.25, 0.3) is 0 Å². The lowest BCUT2D eigenvalue weighted by atomic mass is 10.0. The molecular formula is C21H18O3S3. The maximum atomic E-state index is 12.9. The van der Waals surface area contributed by atoms with E-state index in [0.717, 1.165) is 16.7 Å². The molecule has 2 aromatic rings. The minimum Gasteiger partial charge on any atom is -0.254 e. The van der Waals surface area contributed by atoms with E-state index in [0.29, 0.717) is 48.7 Å². The largest absolute Gasteiger partial charge is 0.254 e. The molecule has 3 nitrogen and oxygen atoms in total. The Hall–Kier alpha value is -1.89. The Kier molecular flexibility index (Phi) is 4.74. The minimum atomic E-state index is -1.30. The highest BCUT2D eigenvalue weighted by Gasteiger charge is 2.21. The number of hydrogen-bond donors (Lipinski definition) is 0. The first-order chi connectivity index (χ1) is 12.8. The van der Waals surface area contributed by atoms with Gasteiger partial charge in [-0.1, -0.05) is 37.9 Å². The normalized spacial score (nSPS) is 24.9. The van der Waals surface area contributed by atoms with Crippen molar-refractivity contribution in [1.82, 2.24) is 0 Å². The molecule has 2 aromatic carbocycles. The zero-order valence-electron chi connectivity index (χ0n) is 14.7. The molecule has 6 bridgehead atoms. The molecule has 27 heavy (non-hydrogen) atoms. The number of rotatable bonds is 0. The first-order valence-electron chi connectivity index (χ1n) is 8.31. The molecule has 0 saturated carbocycles. The lowest BCUT2D eigenvalue weighted by Crippen LogP contribution is -2.08. The van der Waals surface area contributed by atoms with Crippen LogP contribution in [0.3, 0.4) is 0 Å². The molecule has 0 fully saturated rings. The van der Waals surface area contributed by atoms with Crippen molar-refractivity contribution in [3.8, 4) is 0 Å². The highest BCUT2D eigenvalue weighted by Crippen LogP contribution is 2.33. The zero-order chi connectivity index (χ0) is 19.3. The Morgan fingerprint density at radius 3 is 1.04 bits per heavy atom. The smallest absolute Gasteiger partial charge is 0.0574 e. The molecule has 3 unspecified atom stereocenters. The van der Waals surface area contributed by atoms with Gasteiger partial charge >= 0.3 is 0 Å². The van der Waals surface area contributed by atoms with Crippen LogP contribution in [0.15, 0.2) is 56.1 Å². The van der Waals surface area contributed by atoms with E-state index in [1.807, 2.05) is 36.4 Å². The fourth-order valence-corrected chi connectivity index (χ4v) is 6.38. The molecule has 138 valence electrons. The van der Waals surface area contributed by atoms with E-state index in [1.54, 1.807) is 0 Å². The molecule has 0 saturated heterocycles. The van der Waals surface area contributed by atoms with E-state index >= 15 is 0 Å². The summed E-state index contributed by atoms with van der Waals surface area (Å²) in [5.41, 5.74) is 4.62. The van der Waals surface area contributed by atoms with Crippen molar-refractivity contribution in [2.45, 2.75) is 17.3 Å². The predicted octanol–water partition coefficient (Wildman–Crippen LogP) is 4.07. The number of benzene rings is 2. The predicted molar refractivity (Wildman–Crippen MR) is 116 cm³/mol. The summed E-state index contributed by atoms with van der Waals surface area (Å²) in [6.07, 6.45) is 0. The number of fused-ring (bicyclic) bond motifs is 6. The first kappa shape index (κ1) is 18.5. The van der Waals surface area contributed by atoms with Crippen molar-refractivity contribution in [3.63, 3.8) is 0 Å². The Labute approximate surface area is 166 Å². The Bertz CT molecular complexity index is 949. The second-order valence-electron chi connectivity index (χ2n) is 6.70. The second kappa shape index (κ2) is 6.93. The molecule has 3 heterocycles. The van der Waals surface area contributed by atoms with E-state index in [1.165, 1.54) is 0 Å². The van der Waals surface area contributed by atoms with Gasteiger partial charge in [0, 0.05) is 14.7 Å². The van der Waals surface area contributed by atoms with Crippen LogP contribution in [0.2, 0.25) is 0 Å². The van der Waals surface area contributed by atoms with Crippen LogP contribution in [0.5, 0.6) is 0 Å². The van der Waals surface area contributed by atoms with Crippen molar-refractivity contribution in [3.05, 3.63) is 89.5 Å². The molecule has 0 aromatic heterocycles.